The van der Waals surface area contributed by atoms with Crippen LogP contribution in [0, 0.1) is 27.4 Å². The average molecular weight is 221 g/mol. The van der Waals surface area contributed by atoms with Gasteiger partial charge in [0.15, 0.2) is 0 Å². The molecule has 2 unspecified atom stereocenters. The number of ether oxygens (including phenoxy) is 1. The average Bonchev–Trinajstić information content (AvgIpc) is 2.16. The van der Waals surface area contributed by atoms with Gasteiger partial charge in [-0.3, -0.25) is 10.1 Å². The molecule has 0 N–H and O–H groups in total. The third-order valence-corrected chi connectivity index (χ3v) is 2.82. The zero-order valence-electron chi connectivity index (χ0n) is 9.74. The number of allylic oxidation sites excluding steroid dienone is 2. The highest BCUT2D eigenvalue weighted by Crippen LogP contribution is 2.38. The van der Waals surface area contributed by atoms with Crippen LogP contribution in [0.2, 0.25) is 0 Å². The molecule has 16 heavy (non-hydrogen) atoms. The van der Waals surface area contributed by atoms with Crippen molar-refractivity contribution in [2.75, 3.05) is 0 Å². The molecule has 1 aliphatic rings. The fourth-order valence-corrected chi connectivity index (χ4v) is 1.65. The van der Waals surface area contributed by atoms with E-state index < -0.39 is 5.41 Å². The molecule has 0 saturated heterocycles. The van der Waals surface area contributed by atoms with E-state index in [1.54, 1.807) is 20.8 Å². The predicted molar refractivity (Wildman–Crippen MR) is 60.9 cm³/mol. The maximum Gasteiger partial charge on any atom is 0.264 e. The second-order valence-electron chi connectivity index (χ2n) is 4.16. The van der Waals surface area contributed by atoms with Crippen LogP contribution in [-0.2, 0) is 4.74 Å². The first kappa shape index (κ1) is 12.3. The van der Waals surface area contributed by atoms with E-state index in [0.29, 0.717) is 12.2 Å². The van der Waals surface area contributed by atoms with Crippen LogP contribution in [0.15, 0.2) is 24.1 Å². The van der Waals surface area contributed by atoms with Crippen molar-refractivity contribution in [1.29, 1.82) is 0 Å². The zero-order chi connectivity index (χ0) is 12.3. The Morgan fingerprint density at radius 1 is 1.81 bits per heavy atom. The van der Waals surface area contributed by atoms with E-state index in [4.69, 9.17) is 4.74 Å². The van der Waals surface area contributed by atoms with Gasteiger partial charge in [0.05, 0.1) is 16.8 Å². The van der Waals surface area contributed by atoms with Gasteiger partial charge in [-0.2, -0.15) is 0 Å². The molecular formula is C12H15NO3. The van der Waals surface area contributed by atoms with Gasteiger partial charge in [-0.15, -0.1) is 0 Å². The molecule has 0 radical (unpaired) electrons. The highest BCUT2D eigenvalue weighted by atomic mass is 16.6. The lowest BCUT2D eigenvalue weighted by Crippen LogP contribution is -2.37. The Bertz CT molecular complexity index is 414. The summed E-state index contributed by atoms with van der Waals surface area (Å²) in [6, 6.07) is 0. The summed E-state index contributed by atoms with van der Waals surface area (Å²) in [6.45, 7) is 8.97. The predicted octanol–water partition coefficient (Wildman–Crippen LogP) is 2.50. The van der Waals surface area contributed by atoms with E-state index >= 15 is 0 Å². The Hall–Kier alpha value is -1.76. The first-order valence-corrected chi connectivity index (χ1v) is 5.03. The Kier molecular flexibility index (Phi) is 3.38. The van der Waals surface area contributed by atoms with Gasteiger partial charge >= 0.3 is 0 Å². The van der Waals surface area contributed by atoms with Crippen LogP contribution in [0.1, 0.15) is 27.2 Å². The summed E-state index contributed by atoms with van der Waals surface area (Å²) >= 11 is 0. The van der Waals surface area contributed by atoms with Gasteiger partial charge in [-0.25, -0.2) is 0 Å². The minimum atomic E-state index is -0.687. The van der Waals surface area contributed by atoms with Crippen molar-refractivity contribution in [3.05, 3.63) is 34.2 Å². The van der Waals surface area contributed by atoms with E-state index in [2.05, 4.69) is 18.4 Å². The first-order chi connectivity index (χ1) is 7.38. The molecule has 0 amide bonds. The van der Waals surface area contributed by atoms with Gasteiger partial charge in [0.25, 0.3) is 5.70 Å². The van der Waals surface area contributed by atoms with Gasteiger partial charge in [-0.1, -0.05) is 18.4 Å². The fourth-order valence-electron chi connectivity index (χ4n) is 1.65. The number of nitrogens with zero attached hydrogens (tertiary/aromatic N) is 1. The SMILES string of the molecule is C=C(C)OC(C)C1(C)CC#CC=C1[N+](=O)[O-]. The topological polar surface area (TPSA) is 52.4 Å². The van der Waals surface area contributed by atoms with E-state index in [0.717, 1.165) is 0 Å². The third kappa shape index (κ3) is 2.25. The smallest absolute Gasteiger partial charge is 0.264 e. The van der Waals surface area contributed by atoms with E-state index in [1.165, 1.54) is 6.08 Å². The van der Waals surface area contributed by atoms with Crippen molar-refractivity contribution in [2.24, 2.45) is 5.41 Å². The molecule has 0 aromatic heterocycles. The van der Waals surface area contributed by atoms with Gasteiger partial charge in [0.2, 0.25) is 0 Å². The van der Waals surface area contributed by atoms with Crippen LogP contribution < -0.4 is 0 Å². The van der Waals surface area contributed by atoms with Crippen LogP contribution in [0.4, 0.5) is 0 Å². The number of hydrogen-bond acceptors (Lipinski definition) is 3. The summed E-state index contributed by atoms with van der Waals surface area (Å²) in [7, 11) is 0. The summed E-state index contributed by atoms with van der Waals surface area (Å²) < 4.78 is 5.47. The summed E-state index contributed by atoms with van der Waals surface area (Å²) in [4.78, 5) is 10.6. The molecule has 0 heterocycles. The van der Waals surface area contributed by atoms with Gasteiger partial charge in [0.1, 0.15) is 11.5 Å². The zero-order valence-corrected chi connectivity index (χ0v) is 9.74. The van der Waals surface area contributed by atoms with Gasteiger partial charge < -0.3 is 4.74 Å². The van der Waals surface area contributed by atoms with Crippen molar-refractivity contribution < 1.29 is 9.66 Å². The summed E-state index contributed by atoms with van der Waals surface area (Å²) in [5.41, 5.74) is -0.576. The number of hydrogen-bond donors (Lipinski definition) is 0. The second-order valence-corrected chi connectivity index (χ2v) is 4.16. The van der Waals surface area contributed by atoms with Crippen molar-refractivity contribution in [3.63, 3.8) is 0 Å². The van der Waals surface area contributed by atoms with Gasteiger partial charge in [0, 0.05) is 6.42 Å². The van der Waals surface area contributed by atoms with Crippen LogP contribution >= 0.6 is 0 Å². The standard InChI is InChI=1S/C12H15NO3/c1-9(2)16-10(3)12(4)8-6-5-7-11(12)13(14)15/h7,10H,1,8H2,2-4H3. The minimum Gasteiger partial charge on any atom is -0.495 e. The van der Waals surface area contributed by atoms with Crippen molar-refractivity contribution >= 4 is 0 Å². The maximum absolute atomic E-state index is 11.0. The van der Waals surface area contributed by atoms with Crippen LogP contribution in [-0.4, -0.2) is 11.0 Å². The minimum absolute atomic E-state index is 0.111. The first-order valence-electron chi connectivity index (χ1n) is 5.03. The molecule has 86 valence electrons. The Morgan fingerprint density at radius 2 is 2.44 bits per heavy atom. The maximum atomic E-state index is 11.0. The fraction of sp³-hybridized carbons (Fsp3) is 0.500. The summed E-state index contributed by atoms with van der Waals surface area (Å²) in [6.07, 6.45) is 1.46. The molecule has 2 atom stereocenters. The van der Waals surface area contributed by atoms with Crippen molar-refractivity contribution in [1.82, 2.24) is 0 Å². The summed E-state index contributed by atoms with van der Waals surface area (Å²) in [5.74, 6) is 6.07. The van der Waals surface area contributed by atoms with E-state index in [1.807, 2.05) is 0 Å². The molecule has 0 aliphatic heterocycles. The molecule has 1 aliphatic carbocycles. The van der Waals surface area contributed by atoms with E-state index in [-0.39, 0.29) is 16.7 Å². The van der Waals surface area contributed by atoms with Crippen LogP contribution in [0.5, 0.6) is 0 Å². The van der Waals surface area contributed by atoms with Crippen LogP contribution in [0.3, 0.4) is 0 Å². The lowest BCUT2D eigenvalue weighted by molar-refractivity contribution is -0.443. The molecule has 0 fully saturated rings. The van der Waals surface area contributed by atoms with Crippen LogP contribution in [0.25, 0.3) is 0 Å². The quantitative estimate of drug-likeness (QED) is 0.317. The third-order valence-electron chi connectivity index (χ3n) is 2.82. The molecule has 0 saturated carbocycles. The largest absolute Gasteiger partial charge is 0.495 e. The normalized spacial score (nSPS) is 24.8. The summed E-state index contributed by atoms with van der Waals surface area (Å²) in [5, 5.41) is 11.0. The molecule has 1 rings (SSSR count). The van der Waals surface area contributed by atoms with Crippen molar-refractivity contribution in [2.45, 2.75) is 33.3 Å². The molecular weight excluding hydrogens is 206 g/mol. The van der Waals surface area contributed by atoms with Gasteiger partial charge in [-0.05, 0) is 20.8 Å². The lowest BCUT2D eigenvalue weighted by atomic mass is 9.77. The second kappa shape index (κ2) is 4.40. The van der Waals surface area contributed by atoms with Crippen molar-refractivity contribution in [3.8, 4) is 11.8 Å². The van der Waals surface area contributed by atoms with E-state index in [9.17, 15) is 10.1 Å². The number of rotatable bonds is 4. The Labute approximate surface area is 95.1 Å². The molecule has 0 spiro atoms. The molecule has 0 bridgehead atoms. The highest BCUT2D eigenvalue weighted by Gasteiger charge is 2.44. The molecule has 4 heteroatoms. The molecule has 4 nitrogen and oxygen atoms in total. The molecule has 0 aromatic rings. The Balaban J connectivity index is 3.00. The molecule has 0 aromatic carbocycles. The Morgan fingerprint density at radius 3 is 2.94 bits per heavy atom. The lowest BCUT2D eigenvalue weighted by Gasteiger charge is -2.32. The highest BCUT2D eigenvalue weighted by molar-refractivity contribution is 5.29. The number of nitro groups is 1. The monoisotopic (exact) mass is 221 g/mol.